The van der Waals surface area contributed by atoms with E-state index in [0.717, 1.165) is 22.4 Å². The molecule has 124 valence electrons. The third-order valence-electron chi connectivity index (χ3n) is 3.90. The van der Waals surface area contributed by atoms with Crippen LogP contribution in [0.15, 0.2) is 42.5 Å². The zero-order valence-electron chi connectivity index (χ0n) is 13.5. The van der Waals surface area contributed by atoms with Crippen LogP contribution in [0, 0.1) is 6.92 Å². The molecule has 0 fully saturated rings. The number of hydrogen-bond acceptors (Lipinski definition) is 3. The number of aryl methyl sites for hydroxylation is 1. The summed E-state index contributed by atoms with van der Waals surface area (Å²) in [7, 11) is 1.93. The van der Waals surface area contributed by atoms with Gasteiger partial charge in [0.15, 0.2) is 6.61 Å². The van der Waals surface area contributed by atoms with Gasteiger partial charge in [0.2, 0.25) is 0 Å². The number of amides is 1. The number of imidazole rings is 1. The lowest BCUT2D eigenvalue weighted by molar-refractivity contribution is -0.123. The van der Waals surface area contributed by atoms with E-state index >= 15 is 0 Å². The molecule has 0 atom stereocenters. The Labute approximate surface area is 145 Å². The van der Waals surface area contributed by atoms with Gasteiger partial charge in [0.1, 0.15) is 11.6 Å². The Kier molecular flexibility index (Phi) is 4.71. The van der Waals surface area contributed by atoms with Crippen LogP contribution in [0.4, 0.5) is 0 Å². The van der Waals surface area contributed by atoms with E-state index in [9.17, 15) is 4.79 Å². The molecule has 1 heterocycles. The highest BCUT2D eigenvalue weighted by Gasteiger charge is 2.10. The highest BCUT2D eigenvalue weighted by molar-refractivity contribution is 6.31. The molecule has 1 aromatic heterocycles. The van der Waals surface area contributed by atoms with Crippen LogP contribution < -0.4 is 10.1 Å². The Morgan fingerprint density at radius 2 is 2.04 bits per heavy atom. The number of aromatic nitrogens is 2. The van der Waals surface area contributed by atoms with E-state index < -0.39 is 0 Å². The van der Waals surface area contributed by atoms with Gasteiger partial charge in [-0.25, -0.2) is 4.98 Å². The minimum Gasteiger partial charge on any atom is -0.483 e. The lowest BCUT2D eigenvalue weighted by Gasteiger charge is -2.10. The average molecular weight is 344 g/mol. The van der Waals surface area contributed by atoms with Gasteiger partial charge in [-0.1, -0.05) is 29.8 Å². The second-order valence-electron chi connectivity index (χ2n) is 5.50. The number of rotatable bonds is 5. The van der Waals surface area contributed by atoms with Gasteiger partial charge in [-0.05, 0) is 31.2 Å². The summed E-state index contributed by atoms with van der Waals surface area (Å²) < 4.78 is 7.50. The van der Waals surface area contributed by atoms with Crippen molar-refractivity contribution in [3.8, 4) is 5.75 Å². The standard InChI is InChI=1S/C18H18ClN3O2/c1-12-13(19)6-5-9-16(12)24-11-18(23)20-10-17-21-14-7-3-4-8-15(14)22(17)2/h3-9H,10-11H2,1-2H3,(H,20,23). The second-order valence-corrected chi connectivity index (χ2v) is 5.91. The van der Waals surface area contributed by atoms with Crippen molar-refractivity contribution in [3.05, 3.63) is 58.9 Å². The molecule has 0 saturated heterocycles. The highest BCUT2D eigenvalue weighted by atomic mass is 35.5. The SMILES string of the molecule is Cc1c(Cl)cccc1OCC(=O)NCc1nc2ccccc2n1C. The van der Waals surface area contributed by atoms with Crippen molar-refractivity contribution in [2.24, 2.45) is 7.05 Å². The molecule has 0 aliphatic carbocycles. The maximum atomic E-state index is 12.0. The quantitative estimate of drug-likeness (QED) is 0.773. The van der Waals surface area contributed by atoms with Gasteiger partial charge >= 0.3 is 0 Å². The molecule has 24 heavy (non-hydrogen) atoms. The van der Waals surface area contributed by atoms with Crippen LogP contribution in [0.1, 0.15) is 11.4 Å². The van der Waals surface area contributed by atoms with Crippen molar-refractivity contribution in [2.75, 3.05) is 6.61 Å². The Hall–Kier alpha value is -2.53. The topological polar surface area (TPSA) is 56.1 Å². The second kappa shape index (κ2) is 6.93. The molecule has 1 N–H and O–H groups in total. The van der Waals surface area contributed by atoms with Gasteiger partial charge in [-0.15, -0.1) is 0 Å². The summed E-state index contributed by atoms with van der Waals surface area (Å²) in [6.45, 7) is 2.14. The lowest BCUT2D eigenvalue weighted by atomic mass is 10.2. The minimum atomic E-state index is -0.207. The molecule has 2 aromatic carbocycles. The number of hydrogen-bond donors (Lipinski definition) is 1. The van der Waals surface area contributed by atoms with Crippen LogP contribution in [0.3, 0.4) is 0 Å². The first kappa shape index (κ1) is 16.3. The van der Waals surface area contributed by atoms with E-state index in [-0.39, 0.29) is 12.5 Å². The molecule has 0 bridgehead atoms. The number of carbonyl (C=O) groups is 1. The van der Waals surface area contributed by atoms with E-state index in [1.807, 2.05) is 42.8 Å². The van der Waals surface area contributed by atoms with Crippen LogP contribution in [0.5, 0.6) is 5.75 Å². The van der Waals surface area contributed by atoms with Crippen molar-refractivity contribution in [2.45, 2.75) is 13.5 Å². The molecule has 0 aliphatic heterocycles. The zero-order chi connectivity index (χ0) is 17.1. The lowest BCUT2D eigenvalue weighted by Crippen LogP contribution is -2.29. The maximum Gasteiger partial charge on any atom is 0.258 e. The number of halogens is 1. The number of fused-ring (bicyclic) bond motifs is 1. The molecule has 0 saturated carbocycles. The number of benzene rings is 2. The monoisotopic (exact) mass is 343 g/mol. The maximum absolute atomic E-state index is 12.0. The average Bonchev–Trinajstić information content (AvgIpc) is 2.91. The van der Waals surface area contributed by atoms with Gasteiger partial charge in [0, 0.05) is 17.6 Å². The van der Waals surface area contributed by atoms with E-state index in [4.69, 9.17) is 16.3 Å². The van der Waals surface area contributed by atoms with Crippen LogP contribution in [-0.4, -0.2) is 22.1 Å². The first-order chi connectivity index (χ1) is 11.6. The van der Waals surface area contributed by atoms with Crippen molar-refractivity contribution in [3.63, 3.8) is 0 Å². The molecule has 0 radical (unpaired) electrons. The largest absolute Gasteiger partial charge is 0.483 e. The summed E-state index contributed by atoms with van der Waals surface area (Å²) in [6.07, 6.45) is 0. The molecule has 0 aliphatic rings. The number of nitrogens with zero attached hydrogens (tertiary/aromatic N) is 2. The summed E-state index contributed by atoms with van der Waals surface area (Å²) in [5.74, 6) is 1.20. The van der Waals surface area contributed by atoms with E-state index in [1.54, 1.807) is 18.2 Å². The Morgan fingerprint density at radius 3 is 2.83 bits per heavy atom. The molecule has 0 spiro atoms. The molecular formula is C18H18ClN3O2. The highest BCUT2D eigenvalue weighted by Crippen LogP contribution is 2.24. The van der Waals surface area contributed by atoms with Crippen LogP contribution in [-0.2, 0) is 18.4 Å². The van der Waals surface area contributed by atoms with Crippen molar-refractivity contribution < 1.29 is 9.53 Å². The Bertz CT molecular complexity index is 889. The normalized spacial score (nSPS) is 10.8. The molecular weight excluding hydrogens is 326 g/mol. The number of ether oxygens (including phenoxy) is 1. The van der Waals surface area contributed by atoms with Gasteiger partial charge in [-0.3, -0.25) is 4.79 Å². The van der Waals surface area contributed by atoms with Crippen LogP contribution in [0.25, 0.3) is 11.0 Å². The first-order valence-electron chi connectivity index (χ1n) is 7.61. The zero-order valence-corrected chi connectivity index (χ0v) is 14.3. The van der Waals surface area contributed by atoms with Gasteiger partial charge < -0.3 is 14.6 Å². The molecule has 0 unspecified atom stereocenters. The van der Waals surface area contributed by atoms with Crippen molar-refractivity contribution >= 4 is 28.5 Å². The fourth-order valence-corrected chi connectivity index (χ4v) is 2.64. The van der Waals surface area contributed by atoms with Gasteiger partial charge in [-0.2, -0.15) is 0 Å². The predicted molar refractivity (Wildman–Crippen MR) is 94.2 cm³/mol. The summed E-state index contributed by atoms with van der Waals surface area (Å²) in [5.41, 5.74) is 2.77. The summed E-state index contributed by atoms with van der Waals surface area (Å²) >= 11 is 6.03. The third-order valence-corrected chi connectivity index (χ3v) is 4.31. The van der Waals surface area contributed by atoms with E-state index in [0.29, 0.717) is 17.3 Å². The van der Waals surface area contributed by atoms with E-state index in [1.165, 1.54) is 0 Å². The minimum absolute atomic E-state index is 0.0644. The van der Waals surface area contributed by atoms with Crippen LogP contribution in [0.2, 0.25) is 5.02 Å². The van der Waals surface area contributed by atoms with Crippen LogP contribution >= 0.6 is 11.6 Å². The molecule has 6 heteroatoms. The molecule has 3 aromatic rings. The van der Waals surface area contributed by atoms with Crippen molar-refractivity contribution in [1.82, 2.24) is 14.9 Å². The Balaban J connectivity index is 1.59. The smallest absolute Gasteiger partial charge is 0.258 e. The first-order valence-corrected chi connectivity index (χ1v) is 7.99. The fourth-order valence-electron chi connectivity index (χ4n) is 2.47. The number of carbonyl (C=O) groups excluding carboxylic acids is 1. The molecule has 5 nitrogen and oxygen atoms in total. The summed E-state index contributed by atoms with van der Waals surface area (Å²) in [4.78, 5) is 16.5. The molecule has 3 rings (SSSR count). The fraction of sp³-hybridized carbons (Fsp3) is 0.222. The van der Waals surface area contributed by atoms with Gasteiger partial charge in [0.25, 0.3) is 5.91 Å². The molecule has 1 amide bonds. The summed E-state index contributed by atoms with van der Waals surface area (Å²) in [6, 6.07) is 13.2. The number of para-hydroxylation sites is 2. The van der Waals surface area contributed by atoms with E-state index in [2.05, 4.69) is 10.3 Å². The third kappa shape index (κ3) is 3.36. The number of nitrogens with one attached hydrogen (secondary N) is 1. The van der Waals surface area contributed by atoms with Gasteiger partial charge in [0.05, 0.1) is 17.6 Å². The summed E-state index contributed by atoms with van der Waals surface area (Å²) in [5, 5.41) is 3.44. The Morgan fingerprint density at radius 1 is 1.25 bits per heavy atom. The van der Waals surface area contributed by atoms with Crippen molar-refractivity contribution in [1.29, 1.82) is 0 Å². The predicted octanol–water partition coefficient (Wildman–Crippen LogP) is 3.23.